The van der Waals surface area contributed by atoms with Gasteiger partial charge in [0.05, 0.1) is 26.1 Å². The zero-order valence-electron chi connectivity index (χ0n) is 14.9. The van der Waals surface area contributed by atoms with Gasteiger partial charge in [0.15, 0.2) is 0 Å². The van der Waals surface area contributed by atoms with E-state index in [1.807, 2.05) is 30.3 Å². The Kier molecular flexibility index (Phi) is 4.49. The van der Waals surface area contributed by atoms with Crippen LogP contribution < -0.4 is 14.8 Å². The molecule has 2 heterocycles. The maximum absolute atomic E-state index is 12.4. The van der Waals surface area contributed by atoms with Crippen LogP contribution in [0.5, 0.6) is 11.5 Å². The summed E-state index contributed by atoms with van der Waals surface area (Å²) in [6.45, 7) is 0. The minimum Gasteiger partial charge on any atom is -0.497 e. The molecule has 27 heavy (non-hydrogen) atoms. The highest BCUT2D eigenvalue weighted by Crippen LogP contribution is 2.42. The molecular formula is C20H18ClN3O3. The van der Waals surface area contributed by atoms with E-state index >= 15 is 0 Å². The first kappa shape index (κ1) is 17.4. The van der Waals surface area contributed by atoms with Crippen LogP contribution in [-0.4, -0.2) is 29.9 Å². The molecule has 4 rings (SSSR count). The molecule has 1 amide bonds. The number of hydrogen-bond acceptors (Lipinski definition) is 4. The van der Waals surface area contributed by atoms with Crippen molar-refractivity contribution in [1.29, 1.82) is 0 Å². The third kappa shape index (κ3) is 3.13. The maximum Gasteiger partial charge on any atom is 0.226 e. The highest BCUT2D eigenvalue weighted by molar-refractivity contribution is 6.30. The number of halogens is 1. The Hall–Kier alpha value is -2.99. The van der Waals surface area contributed by atoms with Crippen LogP contribution in [0, 0.1) is 0 Å². The van der Waals surface area contributed by atoms with Gasteiger partial charge in [-0.3, -0.25) is 4.79 Å². The summed E-state index contributed by atoms with van der Waals surface area (Å²) >= 11 is 6.11. The van der Waals surface area contributed by atoms with Crippen LogP contribution in [0.25, 0.3) is 5.69 Å². The summed E-state index contributed by atoms with van der Waals surface area (Å²) in [5, 5.41) is 8.03. The van der Waals surface area contributed by atoms with Gasteiger partial charge in [-0.05, 0) is 24.3 Å². The quantitative estimate of drug-likeness (QED) is 0.739. The van der Waals surface area contributed by atoms with E-state index in [0.29, 0.717) is 28.8 Å². The van der Waals surface area contributed by atoms with E-state index in [4.69, 9.17) is 21.1 Å². The second-order valence-corrected chi connectivity index (χ2v) is 6.69. The van der Waals surface area contributed by atoms with Gasteiger partial charge in [0, 0.05) is 34.6 Å². The summed E-state index contributed by atoms with van der Waals surface area (Å²) < 4.78 is 12.5. The van der Waals surface area contributed by atoms with Crippen molar-refractivity contribution in [2.24, 2.45) is 0 Å². The fourth-order valence-corrected chi connectivity index (χ4v) is 3.59. The predicted octanol–water partition coefficient (Wildman–Crippen LogP) is 4.02. The van der Waals surface area contributed by atoms with Gasteiger partial charge >= 0.3 is 0 Å². The van der Waals surface area contributed by atoms with Crippen molar-refractivity contribution in [2.45, 2.75) is 12.3 Å². The van der Waals surface area contributed by atoms with E-state index in [-0.39, 0.29) is 11.8 Å². The zero-order chi connectivity index (χ0) is 19.0. The Balaban J connectivity index is 1.82. The van der Waals surface area contributed by atoms with Crippen LogP contribution in [0.3, 0.4) is 0 Å². The number of methoxy groups -OCH3 is 2. The Morgan fingerprint density at radius 3 is 2.74 bits per heavy atom. The van der Waals surface area contributed by atoms with Crippen molar-refractivity contribution >= 4 is 23.3 Å². The van der Waals surface area contributed by atoms with Crippen molar-refractivity contribution in [3.05, 3.63) is 64.8 Å². The van der Waals surface area contributed by atoms with E-state index in [9.17, 15) is 4.79 Å². The summed E-state index contributed by atoms with van der Waals surface area (Å²) in [5.41, 5.74) is 2.63. The van der Waals surface area contributed by atoms with E-state index in [1.165, 1.54) is 0 Å². The van der Waals surface area contributed by atoms with Crippen LogP contribution in [0.1, 0.15) is 23.5 Å². The van der Waals surface area contributed by atoms with Crippen LogP contribution >= 0.6 is 11.6 Å². The molecule has 6 nitrogen and oxygen atoms in total. The Morgan fingerprint density at radius 2 is 2.00 bits per heavy atom. The lowest BCUT2D eigenvalue weighted by Crippen LogP contribution is -2.24. The SMILES string of the molecule is COc1ccc(C2CC(=O)Nc3c2cnn3-c2cccc(Cl)c2)c(OC)c1. The number of carbonyl (C=O) groups excluding carboxylic acids is 1. The summed E-state index contributed by atoms with van der Waals surface area (Å²) in [5.74, 6) is 1.79. The number of aromatic nitrogens is 2. The molecular weight excluding hydrogens is 366 g/mol. The Morgan fingerprint density at radius 1 is 1.15 bits per heavy atom. The number of hydrogen-bond donors (Lipinski definition) is 1. The normalized spacial score (nSPS) is 15.8. The predicted molar refractivity (Wildman–Crippen MR) is 103 cm³/mol. The number of fused-ring (bicyclic) bond motifs is 1. The summed E-state index contributed by atoms with van der Waals surface area (Å²) in [6.07, 6.45) is 2.10. The van der Waals surface area contributed by atoms with Crippen LogP contribution in [0.4, 0.5) is 5.82 Å². The third-order valence-electron chi connectivity index (χ3n) is 4.69. The summed E-state index contributed by atoms with van der Waals surface area (Å²) in [6, 6.07) is 13.0. The Labute approximate surface area is 161 Å². The van der Waals surface area contributed by atoms with Crippen molar-refractivity contribution in [1.82, 2.24) is 9.78 Å². The van der Waals surface area contributed by atoms with Gasteiger partial charge in [-0.15, -0.1) is 0 Å². The molecule has 0 radical (unpaired) electrons. The van der Waals surface area contributed by atoms with Crippen molar-refractivity contribution < 1.29 is 14.3 Å². The number of rotatable bonds is 4. The number of anilines is 1. The van der Waals surface area contributed by atoms with E-state index < -0.39 is 0 Å². The molecule has 0 spiro atoms. The first-order chi connectivity index (χ1) is 13.1. The minimum atomic E-state index is -0.164. The molecule has 0 saturated carbocycles. The molecule has 0 fully saturated rings. The minimum absolute atomic E-state index is 0.0749. The second-order valence-electron chi connectivity index (χ2n) is 6.25. The van der Waals surface area contributed by atoms with E-state index in [2.05, 4.69) is 10.4 Å². The molecule has 1 atom stereocenters. The highest BCUT2D eigenvalue weighted by Gasteiger charge is 2.32. The van der Waals surface area contributed by atoms with Crippen molar-refractivity contribution in [3.63, 3.8) is 0 Å². The zero-order valence-corrected chi connectivity index (χ0v) is 15.7. The average Bonchev–Trinajstić information content (AvgIpc) is 3.10. The third-order valence-corrected chi connectivity index (χ3v) is 4.92. The lowest BCUT2D eigenvalue weighted by Gasteiger charge is -2.25. The monoisotopic (exact) mass is 383 g/mol. The fourth-order valence-electron chi connectivity index (χ4n) is 3.41. The molecule has 0 saturated heterocycles. The number of nitrogens with zero attached hydrogens (tertiary/aromatic N) is 2. The lowest BCUT2D eigenvalue weighted by atomic mass is 9.86. The van der Waals surface area contributed by atoms with Gasteiger partial charge in [0.1, 0.15) is 17.3 Å². The van der Waals surface area contributed by atoms with Gasteiger partial charge in [-0.2, -0.15) is 5.10 Å². The molecule has 1 N–H and O–H groups in total. The smallest absolute Gasteiger partial charge is 0.226 e. The Bertz CT molecular complexity index is 1020. The first-order valence-electron chi connectivity index (χ1n) is 8.46. The molecule has 1 aromatic heterocycles. The average molecular weight is 384 g/mol. The van der Waals surface area contributed by atoms with Gasteiger partial charge in [0.25, 0.3) is 0 Å². The van der Waals surface area contributed by atoms with Crippen LogP contribution in [0.15, 0.2) is 48.7 Å². The van der Waals surface area contributed by atoms with E-state index in [1.54, 1.807) is 37.2 Å². The largest absolute Gasteiger partial charge is 0.497 e. The van der Waals surface area contributed by atoms with Crippen LogP contribution in [0.2, 0.25) is 5.02 Å². The van der Waals surface area contributed by atoms with Gasteiger partial charge < -0.3 is 14.8 Å². The molecule has 0 bridgehead atoms. The molecule has 1 aliphatic heterocycles. The van der Waals surface area contributed by atoms with Crippen LogP contribution in [-0.2, 0) is 4.79 Å². The molecule has 1 aliphatic rings. The number of carbonyl (C=O) groups is 1. The number of benzene rings is 2. The standard InChI is InChI=1S/C20H18ClN3O3/c1-26-14-6-7-15(18(9-14)27-2)16-10-19(25)23-20-17(16)11-22-24(20)13-5-3-4-12(21)8-13/h3-9,11,16H,10H2,1-2H3,(H,23,25). The number of ether oxygens (including phenoxy) is 2. The number of nitrogens with one attached hydrogen (secondary N) is 1. The molecule has 138 valence electrons. The lowest BCUT2D eigenvalue weighted by molar-refractivity contribution is -0.116. The van der Waals surface area contributed by atoms with Crippen molar-refractivity contribution in [2.75, 3.05) is 19.5 Å². The van der Waals surface area contributed by atoms with E-state index in [0.717, 1.165) is 16.8 Å². The maximum atomic E-state index is 12.4. The molecule has 3 aromatic rings. The molecule has 0 aliphatic carbocycles. The molecule has 7 heteroatoms. The van der Waals surface area contributed by atoms with Gasteiger partial charge in [-0.25, -0.2) is 4.68 Å². The highest BCUT2D eigenvalue weighted by atomic mass is 35.5. The molecule has 2 aromatic carbocycles. The second kappa shape index (κ2) is 6.96. The first-order valence-corrected chi connectivity index (χ1v) is 8.84. The van der Waals surface area contributed by atoms with Gasteiger partial charge in [-0.1, -0.05) is 23.7 Å². The van der Waals surface area contributed by atoms with Gasteiger partial charge in [0.2, 0.25) is 5.91 Å². The molecule has 1 unspecified atom stereocenters. The summed E-state index contributed by atoms with van der Waals surface area (Å²) in [4.78, 5) is 12.4. The number of amides is 1. The summed E-state index contributed by atoms with van der Waals surface area (Å²) in [7, 11) is 3.22. The topological polar surface area (TPSA) is 65.4 Å². The fraction of sp³-hybridized carbons (Fsp3) is 0.200. The van der Waals surface area contributed by atoms with Crippen molar-refractivity contribution in [3.8, 4) is 17.2 Å².